The van der Waals surface area contributed by atoms with Crippen molar-refractivity contribution in [3.8, 4) is 0 Å². The van der Waals surface area contributed by atoms with Gasteiger partial charge in [0.05, 0.1) is 0 Å². The van der Waals surface area contributed by atoms with Crippen molar-refractivity contribution in [3.05, 3.63) is 10.6 Å². The Hall–Kier alpha value is 0.320. The number of hydrogen-bond donors (Lipinski definition) is 0. The fourth-order valence-electron chi connectivity index (χ4n) is 0.522. The highest BCUT2D eigenvalue weighted by atomic mass is 35.5. The monoisotopic (exact) mass is 166 g/mol. The molecule has 0 nitrogen and oxygen atoms in total. The minimum absolute atomic E-state index is 0.646. The van der Waals surface area contributed by atoms with Crippen LogP contribution in [0.3, 0.4) is 0 Å². The predicted octanol–water partition coefficient (Wildman–Crippen LogP) is 3.74. The van der Waals surface area contributed by atoms with E-state index in [1.54, 1.807) is 0 Å². The van der Waals surface area contributed by atoms with Gasteiger partial charge in [-0.25, -0.2) is 0 Å². The molecule has 0 aliphatic rings. The Morgan fingerprint density at radius 1 is 1.67 bits per heavy atom. The van der Waals surface area contributed by atoms with Crippen molar-refractivity contribution in [2.24, 2.45) is 5.92 Å². The Labute approximate surface area is 66.8 Å². The molecule has 9 heavy (non-hydrogen) atoms. The lowest BCUT2D eigenvalue weighted by Gasteiger charge is -2.04. The molecule has 0 rings (SSSR count). The van der Waals surface area contributed by atoms with Crippen LogP contribution in [0.5, 0.6) is 0 Å². The summed E-state index contributed by atoms with van der Waals surface area (Å²) in [7, 11) is 0. The average molecular weight is 167 g/mol. The van der Waals surface area contributed by atoms with E-state index in [0.29, 0.717) is 5.92 Å². The van der Waals surface area contributed by atoms with Gasteiger partial charge in [0.2, 0.25) is 0 Å². The minimum atomic E-state index is 0.646. The highest BCUT2D eigenvalue weighted by molar-refractivity contribution is 6.36. The van der Waals surface area contributed by atoms with E-state index in [1.807, 2.05) is 0 Å². The van der Waals surface area contributed by atoms with Crippen molar-refractivity contribution in [1.29, 1.82) is 0 Å². The van der Waals surface area contributed by atoms with Crippen LogP contribution in [0.25, 0.3) is 0 Å². The predicted molar refractivity (Wildman–Crippen MR) is 43.9 cm³/mol. The van der Waals surface area contributed by atoms with E-state index >= 15 is 0 Å². The third-order valence-electron chi connectivity index (χ3n) is 1.36. The largest absolute Gasteiger partial charge is 0.0917 e. The molecule has 0 spiro atoms. The maximum Gasteiger partial charge on any atom is 0.0296 e. The molecule has 0 radical (unpaired) electrons. The van der Waals surface area contributed by atoms with Gasteiger partial charge in [-0.15, -0.1) is 0 Å². The second-order valence-electron chi connectivity index (χ2n) is 2.27. The van der Waals surface area contributed by atoms with Crippen LogP contribution in [-0.4, -0.2) is 0 Å². The summed E-state index contributed by atoms with van der Waals surface area (Å²) in [6.45, 7) is 4.30. The lowest BCUT2D eigenvalue weighted by molar-refractivity contribution is 0.568. The molecule has 0 aromatic rings. The molecule has 0 saturated heterocycles. The minimum Gasteiger partial charge on any atom is -0.0917 e. The third kappa shape index (κ3) is 4.80. The van der Waals surface area contributed by atoms with Gasteiger partial charge in [0.1, 0.15) is 0 Å². The Kier molecular flexibility index (Phi) is 5.31. The Morgan fingerprint density at radius 3 is 2.56 bits per heavy atom. The van der Waals surface area contributed by atoms with Crippen LogP contribution in [0, 0.1) is 5.92 Å². The summed E-state index contributed by atoms with van der Waals surface area (Å²) in [6, 6.07) is 0. The zero-order chi connectivity index (χ0) is 7.28. The molecule has 0 fully saturated rings. The fourth-order valence-corrected chi connectivity index (χ4v) is 0.874. The Bertz CT molecular complexity index is 97.1. The second kappa shape index (κ2) is 5.13. The molecule has 2 heteroatoms. The van der Waals surface area contributed by atoms with Gasteiger partial charge in [0.15, 0.2) is 0 Å². The van der Waals surface area contributed by atoms with E-state index in [9.17, 15) is 0 Å². The molecule has 0 saturated carbocycles. The van der Waals surface area contributed by atoms with Crippen LogP contribution in [0.15, 0.2) is 10.6 Å². The quantitative estimate of drug-likeness (QED) is 0.600. The molecular weight excluding hydrogens is 155 g/mol. The third-order valence-corrected chi connectivity index (χ3v) is 2.00. The topological polar surface area (TPSA) is 0 Å². The summed E-state index contributed by atoms with van der Waals surface area (Å²) in [5.74, 6) is 0.646. The molecular formula is C7H12Cl2. The standard InChI is InChI=1S/C7H12Cl2/c1-3-6(2)4-7(9)5-8/h5-6H,3-4H2,1-2H3. The highest BCUT2D eigenvalue weighted by Gasteiger charge is 1.99. The zero-order valence-electron chi connectivity index (χ0n) is 5.82. The summed E-state index contributed by atoms with van der Waals surface area (Å²) in [5, 5.41) is 0.756. The van der Waals surface area contributed by atoms with Gasteiger partial charge < -0.3 is 0 Å². The van der Waals surface area contributed by atoms with E-state index in [-0.39, 0.29) is 0 Å². The first-order chi connectivity index (χ1) is 4.20. The highest BCUT2D eigenvalue weighted by Crippen LogP contribution is 2.17. The first kappa shape index (κ1) is 9.32. The van der Waals surface area contributed by atoms with Crippen molar-refractivity contribution >= 4 is 23.2 Å². The first-order valence-corrected chi connectivity index (χ1v) is 3.96. The summed E-state index contributed by atoms with van der Waals surface area (Å²) in [5.41, 5.74) is 1.44. The number of rotatable bonds is 3. The normalized spacial score (nSPS) is 15.8. The van der Waals surface area contributed by atoms with Gasteiger partial charge in [-0.05, 0) is 12.3 Å². The second-order valence-corrected chi connectivity index (χ2v) is 2.98. The first-order valence-electron chi connectivity index (χ1n) is 3.15. The van der Waals surface area contributed by atoms with Crippen LogP contribution >= 0.6 is 23.2 Å². The summed E-state index contributed by atoms with van der Waals surface area (Å²) in [6.07, 6.45) is 2.06. The van der Waals surface area contributed by atoms with Crippen molar-refractivity contribution in [2.45, 2.75) is 26.7 Å². The molecule has 0 N–H and O–H groups in total. The van der Waals surface area contributed by atoms with E-state index < -0.39 is 0 Å². The van der Waals surface area contributed by atoms with E-state index in [4.69, 9.17) is 23.2 Å². The smallest absolute Gasteiger partial charge is 0.0296 e. The molecule has 0 aromatic carbocycles. The van der Waals surface area contributed by atoms with Gasteiger partial charge in [-0.2, -0.15) is 0 Å². The van der Waals surface area contributed by atoms with Crippen molar-refractivity contribution in [3.63, 3.8) is 0 Å². The maximum absolute atomic E-state index is 5.67. The summed E-state index contributed by atoms with van der Waals surface area (Å²) in [4.78, 5) is 0. The number of halogens is 2. The molecule has 1 unspecified atom stereocenters. The van der Waals surface area contributed by atoms with Gasteiger partial charge >= 0.3 is 0 Å². The summed E-state index contributed by atoms with van der Waals surface area (Å²) < 4.78 is 0. The van der Waals surface area contributed by atoms with Crippen LogP contribution in [0.4, 0.5) is 0 Å². The van der Waals surface area contributed by atoms with Crippen molar-refractivity contribution < 1.29 is 0 Å². The van der Waals surface area contributed by atoms with Gasteiger partial charge in [0, 0.05) is 10.6 Å². The van der Waals surface area contributed by atoms with Crippen LogP contribution in [0.2, 0.25) is 0 Å². The molecule has 0 amide bonds. The summed E-state index contributed by atoms with van der Waals surface area (Å²) >= 11 is 11.0. The lowest BCUT2D eigenvalue weighted by Crippen LogP contribution is -1.90. The van der Waals surface area contributed by atoms with Crippen LogP contribution in [0.1, 0.15) is 26.7 Å². The van der Waals surface area contributed by atoms with Gasteiger partial charge in [0.25, 0.3) is 0 Å². The van der Waals surface area contributed by atoms with Gasteiger partial charge in [-0.3, -0.25) is 0 Å². The number of hydrogen-bond acceptors (Lipinski definition) is 0. The average Bonchev–Trinajstić information content (AvgIpc) is 1.87. The molecule has 54 valence electrons. The Morgan fingerprint density at radius 2 is 2.22 bits per heavy atom. The zero-order valence-corrected chi connectivity index (χ0v) is 7.34. The number of allylic oxidation sites excluding steroid dienone is 1. The maximum atomic E-state index is 5.67. The van der Waals surface area contributed by atoms with Gasteiger partial charge in [-0.1, -0.05) is 43.5 Å². The molecule has 0 bridgehead atoms. The molecule has 1 atom stereocenters. The molecule has 0 aromatic heterocycles. The molecule has 0 aliphatic heterocycles. The van der Waals surface area contributed by atoms with Crippen LogP contribution in [-0.2, 0) is 0 Å². The SMILES string of the molecule is CCC(C)CC(Cl)=CCl. The molecule has 0 heterocycles. The van der Waals surface area contributed by atoms with Crippen LogP contribution < -0.4 is 0 Å². The Balaban J connectivity index is 3.47. The van der Waals surface area contributed by atoms with E-state index in [2.05, 4.69) is 13.8 Å². The van der Waals surface area contributed by atoms with E-state index in [1.165, 1.54) is 5.54 Å². The molecule has 0 aliphatic carbocycles. The van der Waals surface area contributed by atoms with E-state index in [0.717, 1.165) is 17.9 Å². The van der Waals surface area contributed by atoms with Crippen molar-refractivity contribution in [1.82, 2.24) is 0 Å². The fraction of sp³-hybridized carbons (Fsp3) is 0.714. The lowest BCUT2D eigenvalue weighted by atomic mass is 10.1. The van der Waals surface area contributed by atoms with Crippen molar-refractivity contribution in [2.75, 3.05) is 0 Å².